The molecule has 1 aromatic heterocycles. The van der Waals surface area contributed by atoms with Crippen molar-refractivity contribution in [2.24, 2.45) is 0 Å². The van der Waals surface area contributed by atoms with Crippen molar-refractivity contribution < 1.29 is 28.4 Å². The van der Waals surface area contributed by atoms with Gasteiger partial charge in [-0.05, 0) is 55.9 Å². The number of H-pyrrole nitrogens is 1. The number of benzene rings is 1. The second-order valence-corrected chi connectivity index (χ2v) is 7.10. The smallest absolute Gasteiger partial charge is 0.268 e. The molecule has 0 aliphatic carbocycles. The van der Waals surface area contributed by atoms with Crippen LogP contribution >= 0.6 is 0 Å². The number of imidazole rings is 1. The van der Waals surface area contributed by atoms with Gasteiger partial charge in [0, 0.05) is 24.2 Å². The number of aryl methyl sites for hydroxylation is 1. The summed E-state index contributed by atoms with van der Waals surface area (Å²) in [5, 5.41) is 13.0. The largest absolute Gasteiger partial charge is 0.348 e. The quantitative estimate of drug-likeness (QED) is 0.249. The molecule has 1 heterocycles. The van der Waals surface area contributed by atoms with Gasteiger partial charge in [0.15, 0.2) is 0 Å². The van der Waals surface area contributed by atoms with Crippen molar-refractivity contribution in [3.8, 4) is 23.7 Å². The average Bonchev–Trinajstić information content (AvgIpc) is 3.19. The van der Waals surface area contributed by atoms with Crippen LogP contribution in [0, 0.1) is 30.6 Å². The molecule has 5 N–H and O–H groups in total. The van der Waals surface area contributed by atoms with E-state index in [1.54, 1.807) is 13.1 Å². The number of nitrogens with zero attached hydrogens (tertiary/aromatic N) is 1. The number of rotatable bonds is 6. The summed E-state index contributed by atoms with van der Waals surface area (Å²) in [5.74, 6) is 8.50. The second kappa shape index (κ2) is 10.9. The molecule has 0 radical (unpaired) electrons. The van der Waals surface area contributed by atoms with E-state index >= 15 is 0 Å². The van der Waals surface area contributed by atoms with Gasteiger partial charge in [-0.1, -0.05) is 5.92 Å². The number of carbonyl (C=O) groups excluding carboxylic acids is 3. The Hall–Kier alpha value is -4.22. The van der Waals surface area contributed by atoms with Crippen molar-refractivity contribution in [1.29, 1.82) is 0 Å². The summed E-state index contributed by atoms with van der Waals surface area (Å²) in [6.07, 6.45) is -1.60. The van der Waals surface area contributed by atoms with Gasteiger partial charge in [-0.25, -0.2) is 19.2 Å². The van der Waals surface area contributed by atoms with Gasteiger partial charge < -0.3 is 15.6 Å². The Morgan fingerprint density at radius 3 is 2.30 bits per heavy atom. The molecule has 2 aromatic rings. The number of alkyl halides is 2. The van der Waals surface area contributed by atoms with Gasteiger partial charge >= 0.3 is 0 Å². The van der Waals surface area contributed by atoms with Crippen molar-refractivity contribution in [2.45, 2.75) is 38.8 Å². The van der Waals surface area contributed by atoms with Gasteiger partial charge in [0.1, 0.15) is 23.1 Å². The van der Waals surface area contributed by atoms with Crippen LogP contribution in [-0.2, 0) is 9.59 Å². The predicted octanol–water partition coefficient (Wildman–Crippen LogP) is 0.885. The molecule has 0 saturated heterocycles. The molecule has 0 aliphatic heterocycles. The van der Waals surface area contributed by atoms with Gasteiger partial charge in [0.25, 0.3) is 18.2 Å². The molecule has 2 atom stereocenters. The van der Waals surface area contributed by atoms with E-state index in [1.807, 2.05) is 5.32 Å². The summed E-state index contributed by atoms with van der Waals surface area (Å²) < 4.78 is 27.4. The van der Waals surface area contributed by atoms with E-state index in [4.69, 9.17) is 5.21 Å². The van der Waals surface area contributed by atoms with E-state index in [0.29, 0.717) is 11.3 Å². The number of aromatic amines is 1. The number of aromatic nitrogens is 2. The fourth-order valence-corrected chi connectivity index (χ4v) is 2.78. The fraction of sp³-hybridized carbons (Fsp3) is 0.273. The molecule has 0 saturated carbocycles. The third-order valence-corrected chi connectivity index (χ3v) is 4.46. The fourth-order valence-electron chi connectivity index (χ4n) is 2.78. The molecule has 2 rings (SSSR count). The Balaban J connectivity index is 2.17. The highest BCUT2D eigenvalue weighted by Crippen LogP contribution is 2.21. The van der Waals surface area contributed by atoms with Gasteiger partial charge in [0.05, 0.1) is 0 Å². The minimum atomic E-state index is -3.24. The number of hydrogen-bond donors (Lipinski definition) is 5. The zero-order valence-corrected chi connectivity index (χ0v) is 17.9. The summed E-state index contributed by atoms with van der Waals surface area (Å²) in [6, 6.07) is 3.78. The SMILES string of the molecule is CC(=O)NC(C)(C(F)F)C(NC(=O)c1ccc(C#CC#Cc2c[nH]c(C)n2)cc1)C(=O)NO. The molecule has 2 unspecified atom stereocenters. The third kappa shape index (κ3) is 6.63. The van der Waals surface area contributed by atoms with E-state index in [9.17, 15) is 23.2 Å². The monoisotopic (exact) mass is 457 g/mol. The Labute approximate surface area is 188 Å². The zero-order chi connectivity index (χ0) is 24.6. The Bertz CT molecular complexity index is 1160. The lowest BCUT2D eigenvalue weighted by Gasteiger charge is -2.36. The van der Waals surface area contributed by atoms with Gasteiger partial charge in [0.2, 0.25) is 5.91 Å². The number of nitrogens with one attached hydrogen (secondary N) is 4. The van der Waals surface area contributed by atoms with Gasteiger partial charge in [-0.15, -0.1) is 0 Å². The lowest BCUT2D eigenvalue weighted by molar-refractivity contribution is -0.137. The molecule has 0 fully saturated rings. The number of amides is 3. The van der Waals surface area contributed by atoms with Gasteiger partial charge in [-0.3, -0.25) is 19.6 Å². The van der Waals surface area contributed by atoms with Crippen LogP contribution < -0.4 is 16.1 Å². The molecule has 172 valence electrons. The predicted molar refractivity (Wildman–Crippen MR) is 113 cm³/mol. The van der Waals surface area contributed by atoms with E-state index in [1.165, 1.54) is 29.7 Å². The Morgan fingerprint density at radius 2 is 1.79 bits per heavy atom. The van der Waals surface area contributed by atoms with Crippen LogP contribution in [-0.4, -0.2) is 50.9 Å². The molecule has 0 aliphatic rings. The Kier molecular flexibility index (Phi) is 8.26. The lowest BCUT2D eigenvalue weighted by Crippen LogP contribution is -2.68. The summed E-state index contributed by atoms with van der Waals surface area (Å²) in [5.41, 5.74) is -0.140. The van der Waals surface area contributed by atoms with Crippen LogP contribution in [0.15, 0.2) is 30.5 Å². The van der Waals surface area contributed by atoms with Crippen LogP contribution in [0.1, 0.15) is 41.3 Å². The maximum atomic E-state index is 13.7. The van der Waals surface area contributed by atoms with Crippen LogP contribution in [0.4, 0.5) is 8.78 Å². The maximum absolute atomic E-state index is 13.7. The topological polar surface area (TPSA) is 136 Å². The second-order valence-electron chi connectivity index (χ2n) is 7.10. The first-order chi connectivity index (χ1) is 15.6. The van der Waals surface area contributed by atoms with Crippen molar-refractivity contribution >= 4 is 17.7 Å². The standard InChI is InChI=1S/C22H21F2N5O4/c1-13-25-12-17(26-13)7-5-4-6-15-8-10-16(11-9-15)19(31)27-18(20(32)29-33)22(3,21(23)24)28-14(2)30/h8-12,18,21,33H,1-3H3,(H,25,26)(H,27,31)(H,28,30)(H,29,32). The molecule has 1 aromatic carbocycles. The highest BCUT2D eigenvalue weighted by atomic mass is 19.3. The zero-order valence-electron chi connectivity index (χ0n) is 17.9. The van der Waals surface area contributed by atoms with Gasteiger partial charge in [-0.2, -0.15) is 0 Å². The van der Waals surface area contributed by atoms with Crippen LogP contribution in [0.3, 0.4) is 0 Å². The van der Waals surface area contributed by atoms with Crippen LogP contribution in [0.2, 0.25) is 0 Å². The lowest BCUT2D eigenvalue weighted by atomic mass is 9.91. The number of hydroxylamine groups is 1. The summed E-state index contributed by atoms with van der Waals surface area (Å²) in [7, 11) is 0. The van der Waals surface area contributed by atoms with E-state index < -0.39 is 35.7 Å². The summed E-state index contributed by atoms with van der Waals surface area (Å²) >= 11 is 0. The molecular formula is C22H21F2N5O4. The van der Waals surface area contributed by atoms with Crippen molar-refractivity contribution in [3.63, 3.8) is 0 Å². The first-order valence-corrected chi connectivity index (χ1v) is 9.52. The minimum Gasteiger partial charge on any atom is -0.348 e. The first-order valence-electron chi connectivity index (χ1n) is 9.52. The number of hydrogen-bond acceptors (Lipinski definition) is 5. The first kappa shape index (κ1) is 25.0. The van der Waals surface area contributed by atoms with Crippen molar-refractivity contribution in [1.82, 2.24) is 26.1 Å². The molecular weight excluding hydrogens is 436 g/mol. The minimum absolute atomic E-state index is 0.0359. The van der Waals surface area contributed by atoms with E-state index in [-0.39, 0.29) is 5.56 Å². The maximum Gasteiger partial charge on any atom is 0.268 e. The van der Waals surface area contributed by atoms with E-state index in [2.05, 4.69) is 39.0 Å². The van der Waals surface area contributed by atoms with Crippen LogP contribution in [0.25, 0.3) is 0 Å². The van der Waals surface area contributed by atoms with Crippen molar-refractivity contribution in [3.05, 3.63) is 53.1 Å². The summed E-state index contributed by atoms with van der Waals surface area (Å²) in [6.45, 7) is 3.65. The molecule has 11 heteroatoms. The molecule has 3 amide bonds. The molecule has 0 bridgehead atoms. The molecule has 9 nitrogen and oxygen atoms in total. The normalized spacial score (nSPS) is 12.8. The highest BCUT2D eigenvalue weighted by molar-refractivity contribution is 5.98. The Morgan fingerprint density at radius 1 is 1.15 bits per heavy atom. The number of halogens is 2. The van der Waals surface area contributed by atoms with Crippen molar-refractivity contribution in [2.75, 3.05) is 0 Å². The van der Waals surface area contributed by atoms with E-state index in [0.717, 1.165) is 19.7 Å². The molecule has 0 spiro atoms. The highest BCUT2D eigenvalue weighted by Gasteiger charge is 2.48. The average molecular weight is 457 g/mol. The third-order valence-electron chi connectivity index (χ3n) is 4.46. The van der Waals surface area contributed by atoms with Crippen LogP contribution in [0.5, 0.6) is 0 Å². The molecule has 33 heavy (non-hydrogen) atoms. The summed E-state index contributed by atoms with van der Waals surface area (Å²) in [4.78, 5) is 43.0. The number of carbonyl (C=O) groups is 3.